The molecule has 2 rings (SSSR count). The van der Waals surface area contributed by atoms with Crippen LogP contribution in [0.3, 0.4) is 0 Å². The Labute approximate surface area is 104 Å². The second-order valence-electron chi connectivity index (χ2n) is 5.64. The number of fused-ring (bicyclic) bond motifs is 1. The number of benzene rings is 1. The molecule has 1 aromatic rings. The van der Waals surface area contributed by atoms with E-state index >= 15 is 0 Å². The zero-order valence-corrected chi connectivity index (χ0v) is 11.4. The lowest BCUT2D eigenvalue weighted by Gasteiger charge is -2.36. The molecule has 0 saturated carbocycles. The van der Waals surface area contributed by atoms with E-state index < -0.39 is 0 Å². The van der Waals surface area contributed by atoms with E-state index in [1.165, 1.54) is 16.8 Å². The molecule has 0 aliphatic carbocycles. The van der Waals surface area contributed by atoms with Crippen LogP contribution in [0.1, 0.15) is 26.3 Å². The molecule has 0 amide bonds. The molecule has 0 atom stereocenters. The maximum Gasteiger partial charge on any atom is 0.129 e. The lowest BCUT2D eigenvalue weighted by Crippen LogP contribution is -2.31. The second kappa shape index (κ2) is 4.10. The molecule has 2 nitrogen and oxygen atoms in total. The number of ether oxygens (including phenoxy) is 1. The maximum atomic E-state index is 5.66. The molecule has 0 saturated heterocycles. The second-order valence-corrected chi connectivity index (χ2v) is 5.64. The fourth-order valence-electron chi connectivity index (χ4n) is 2.37. The van der Waals surface area contributed by atoms with Crippen LogP contribution in [0.15, 0.2) is 29.8 Å². The van der Waals surface area contributed by atoms with Crippen LogP contribution >= 0.6 is 0 Å². The fourth-order valence-corrected chi connectivity index (χ4v) is 2.37. The summed E-state index contributed by atoms with van der Waals surface area (Å²) < 4.78 is 5.66. The molecular weight excluding hydrogens is 210 g/mol. The van der Waals surface area contributed by atoms with E-state index in [9.17, 15) is 0 Å². The number of para-hydroxylation sites is 1. The zero-order chi connectivity index (χ0) is 12.6. The molecule has 0 radical (unpaired) electrons. The molecule has 0 bridgehead atoms. The summed E-state index contributed by atoms with van der Waals surface area (Å²) in [6.45, 7) is 7.65. The summed E-state index contributed by atoms with van der Waals surface area (Å²) in [5.41, 5.74) is 3.94. The van der Waals surface area contributed by atoms with Crippen molar-refractivity contribution in [1.29, 1.82) is 0 Å². The van der Waals surface area contributed by atoms with E-state index in [1.54, 1.807) is 7.11 Å². The standard InChI is InChI=1S/C15H21NO/c1-15(2,3)12-10-16(4)13-9-7-6-8-11(13)14(12)17-5/h6-9H,10H2,1-5H3. The van der Waals surface area contributed by atoms with Gasteiger partial charge in [-0.3, -0.25) is 0 Å². The van der Waals surface area contributed by atoms with Crippen LogP contribution in [0.2, 0.25) is 0 Å². The Morgan fingerprint density at radius 3 is 2.41 bits per heavy atom. The molecule has 1 aliphatic rings. The SMILES string of the molecule is COC1=C(C(C)(C)C)CN(C)c2ccccc21. The van der Waals surface area contributed by atoms with E-state index in [2.05, 4.69) is 57.0 Å². The van der Waals surface area contributed by atoms with Crippen molar-refractivity contribution < 1.29 is 4.74 Å². The van der Waals surface area contributed by atoms with Gasteiger partial charge in [0.2, 0.25) is 0 Å². The van der Waals surface area contributed by atoms with Crippen LogP contribution in [0.4, 0.5) is 5.69 Å². The molecule has 0 unspecified atom stereocenters. The summed E-state index contributed by atoms with van der Waals surface area (Å²) in [4.78, 5) is 2.29. The summed E-state index contributed by atoms with van der Waals surface area (Å²) in [6, 6.07) is 8.42. The van der Waals surface area contributed by atoms with Gasteiger partial charge >= 0.3 is 0 Å². The summed E-state index contributed by atoms with van der Waals surface area (Å²) >= 11 is 0. The van der Waals surface area contributed by atoms with Crippen molar-refractivity contribution in [3.8, 4) is 0 Å². The fraction of sp³-hybridized carbons (Fsp3) is 0.467. The van der Waals surface area contributed by atoms with Crippen LogP contribution in [0.25, 0.3) is 5.76 Å². The highest BCUT2D eigenvalue weighted by Crippen LogP contribution is 2.40. The largest absolute Gasteiger partial charge is 0.496 e. The average Bonchev–Trinajstić information content (AvgIpc) is 2.28. The summed E-state index contributed by atoms with van der Waals surface area (Å²) in [6.07, 6.45) is 0. The predicted molar refractivity (Wildman–Crippen MR) is 73.1 cm³/mol. The first-order valence-corrected chi connectivity index (χ1v) is 6.03. The number of methoxy groups -OCH3 is 1. The van der Waals surface area contributed by atoms with Crippen molar-refractivity contribution in [3.05, 3.63) is 35.4 Å². The van der Waals surface area contributed by atoms with E-state index in [-0.39, 0.29) is 5.41 Å². The van der Waals surface area contributed by atoms with Gasteiger partial charge in [-0.2, -0.15) is 0 Å². The third kappa shape index (κ3) is 2.04. The number of rotatable bonds is 1. The Morgan fingerprint density at radius 1 is 1.18 bits per heavy atom. The van der Waals surface area contributed by atoms with E-state index in [0.717, 1.165) is 12.3 Å². The number of nitrogens with zero attached hydrogens (tertiary/aromatic N) is 1. The first-order valence-electron chi connectivity index (χ1n) is 6.03. The quantitative estimate of drug-likeness (QED) is 0.733. The van der Waals surface area contributed by atoms with E-state index in [4.69, 9.17) is 4.74 Å². The molecule has 0 spiro atoms. The van der Waals surface area contributed by atoms with Crippen molar-refractivity contribution in [2.75, 3.05) is 25.6 Å². The number of likely N-dealkylation sites (N-methyl/N-ethyl adjacent to an activating group) is 1. The van der Waals surface area contributed by atoms with Gasteiger partial charge in [-0.15, -0.1) is 0 Å². The normalized spacial score (nSPS) is 15.9. The van der Waals surface area contributed by atoms with Crippen LogP contribution in [-0.4, -0.2) is 20.7 Å². The van der Waals surface area contributed by atoms with Crippen molar-refractivity contribution in [2.24, 2.45) is 5.41 Å². The van der Waals surface area contributed by atoms with Gasteiger partial charge in [-0.25, -0.2) is 0 Å². The summed E-state index contributed by atoms with van der Waals surface area (Å²) in [7, 11) is 3.90. The van der Waals surface area contributed by atoms with Crippen molar-refractivity contribution in [2.45, 2.75) is 20.8 Å². The maximum absolute atomic E-state index is 5.66. The minimum Gasteiger partial charge on any atom is -0.496 e. The van der Waals surface area contributed by atoms with E-state index in [0.29, 0.717) is 0 Å². The van der Waals surface area contributed by atoms with Crippen LogP contribution in [-0.2, 0) is 4.74 Å². The van der Waals surface area contributed by atoms with Gasteiger partial charge in [-0.1, -0.05) is 32.9 Å². The molecule has 92 valence electrons. The lowest BCUT2D eigenvalue weighted by atomic mass is 9.82. The third-order valence-corrected chi connectivity index (χ3v) is 3.34. The molecule has 0 N–H and O–H groups in total. The van der Waals surface area contributed by atoms with Crippen molar-refractivity contribution >= 4 is 11.4 Å². The molecule has 17 heavy (non-hydrogen) atoms. The molecule has 2 heteroatoms. The highest BCUT2D eigenvalue weighted by Gasteiger charge is 2.29. The number of anilines is 1. The van der Waals surface area contributed by atoms with Gasteiger partial charge < -0.3 is 9.64 Å². The molecular formula is C15H21NO. The summed E-state index contributed by atoms with van der Waals surface area (Å²) in [5, 5.41) is 0. The van der Waals surface area contributed by atoms with Crippen LogP contribution in [0, 0.1) is 5.41 Å². The smallest absolute Gasteiger partial charge is 0.129 e. The van der Waals surface area contributed by atoms with Crippen molar-refractivity contribution in [1.82, 2.24) is 0 Å². The van der Waals surface area contributed by atoms with Crippen molar-refractivity contribution in [3.63, 3.8) is 0 Å². The van der Waals surface area contributed by atoms with Crippen LogP contribution in [0.5, 0.6) is 0 Å². The zero-order valence-electron chi connectivity index (χ0n) is 11.4. The van der Waals surface area contributed by atoms with Gasteiger partial charge in [0.05, 0.1) is 7.11 Å². The highest BCUT2D eigenvalue weighted by atomic mass is 16.5. The minimum absolute atomic E-state index is 0.132. The monoisotopic (exact) mass is 231 g/mol. The van der Waals surface area contributed by atoms with Gasteiger partial charge in [0.25, 0.3) is 0 Å². The average molecular weight is 231 g/mol. The van der Waals surface area contributed by atoms with Gasteiger partial charge in [0, 0.05) is 24.8 Å². The van der Waals surface area contributed by atoms with Gasteiger partial charge in [0.1, 0.15) is 5.76 Å². The molecule has 1 aliphatic heterocycles. The Bertz CT molecular complexity index is 454. The Kier molecular flexibility index (Phi) is 2.90. The first-order chi connectivity index (χ1) is 7.95. The Morgan fingerprint density at radius 2 is 1.82 bits per heavy atom. The molecule has 1 aromatic carbocycles. The lowest BCUT2D eigenvalue weighted by molar-refractivity contribution is 0.350. The number of hydrogen-bond donors (Lipinski definition) is 0. The van der Waals surface area contributed by atoms with Gasteiger partial charge in [-0.05, 0) is 23.1 Å². The summed E-state index contributed by atoms with van der Waals surface area (Å²) in [5.74, 6) is 1.05. The Hall–Kier alpha value is -1.44. The minimum atomic E-state index is 0.132. The highest BCUT2D eigenvalue weighted by molar-refractivity contribution is 5.79. The van der Waals surface area contributed by atoms with Gasteiger partial charge in [0.15, 0.2) is 0 Å². The van der Waals surface area contributed by atoms with Crippen LogP contribution < -0.4 is 4.90 Å². The van der Waals surface area contributed by atoms with E-state index in [1.807, 2.05) is 0 Å². The topological polar surface area (TPSA) is 12.5 Å². The molecule has 0 fully saturated rings. The predicted octanol–water partition coefficient (Wildman–Crippen LogP) is 3.54. The third-order valence-electron chi connectivity index (χ3n) is 3.34. The first kappa shape index (κ1) is 12.0. The Balaban J connectivity index is 2.63. The molecule has 1 heterocycles. The number of hydrogen-bond acceptors (Lipinski definition) is 2. The molecule has 0 aromatic heterocycles.